The molecule has 0 aromatic heterocycles. The number of methoxy groups -OCH3 is 2. The van der Waals surface area contributed by atoms with Crippen molar-refractivity contribution in [3.05, 3.63) is 83.1 Å². The molecule has 1 N–H and O–H groups in total. The van der Waals surface area contributed by atoms with Gasteiger partial charge in [0.05, 0.1) is 24.8 Å². The molecule has 7 nitrogen and oxygen atoms in total. The summed E-state index contributed by atoms with van der Waals surface area (Å²) in [5.74, 6) is -0.545. The summed E-state index contributed by atoms with van der Waals surface area (Å²) in [7, 11) is -1.41. The van der Waals surface area contributed by atoms with Gasteiger partial charge in [-0.15, -0.1) is 0 Å². The molecule has 3 rings (SSSR count). The normalized spacial score (nSPS) is 11.0. The van der Waals surface area contributed by atoms with E-state index >= 15 is 0 Å². The SMILES string of the molecule is COc1ccc(S(=O)(=O)N(CC(=O)NCc2ccccc2Cl)c2ccc(F)cc2)cc1OC. The first-order valence-electron chi connectivity index (χ1n) is 9.76. The monoisotopic (exact) mass is 492 g/mol. The van der Waals surface area contributed by atoms with Crippen molar-refractivity contribution in [1.82, 2.24) is 5.32 Å². The van der Waals surface area contributed by atoms with Crippen LogP contribution in [0.15, 0.2) is 71.6 Å². The van der Waals surface area contributed by atoms with Crippen LogP contribution in [0.2, 0.25) is 5.02 Å². The van der Waals surface area contributed by atoms with E-state index in [1.165, 1.54) is 44.6 Å². The van der Waals surface area contributed by atoms with Crippen LogP contribution < -0.4 is 19.1 Å². The fourth-order valence-corrected chi connectivity index (χ4v) is 4.69. The summed E-state index contributed by atoms with van der Waals surface area (Å²) in [6.07, 6.45) is 0. The van der Waals surface area contributed by atoms with Gasteiger partial charge in [-0.2, -0.15) is 0 Å². The van der Waals surface area contributed by atoms with E-state index < -0.39 is 28.3 Å². The number of halogens is 2. The van der Waals surface area contributed by atoms with Crippen LogP contribution in [0.3, 0.4) is 0 Å². The molecule has 1 amide bonds. The van der Waals surface area contributed by atoms with E-state index in [0.29, 0.717) is 16.3 Å². The van der Waals surface area contributed by atoms with Crippen LogP contribution in [0, 0.1) is 5.82 Å². The van der Waals surface area contributed by atoms with Crippen LogP contribution in [0.1, 0.15) is 5.56 Å². The Labute approximate surface area is 196 Å². The fourth-order valence-electron chi connectivity index (χ4n) is 3.05. The van der Waals surface area contributed by atoms with Crippen LogP contribution in [-0.2, 0) is 21.4 Å². The molecule has 174 valence electrons. The summed E-state index contributed by atoms with van der Waals surface area (Å²) in [5.41, 5.74) is 0.808. The second-order valence-electron chi connectivity index (χ2n) is 6.87. The van der Waals surface area contributed by atoms with Crippen LogP contribution in [-0.4, -0.2) is 35.1 Å². The topological polar surface area (TPSA) is 84.9 Å². The first kappa shape index (κ1) is 24.3. The molecule has 33 heavy (non-hydrogen) atoms. The molecule has 0 bridgehead atoms. The minimum absolute atomic E-state index is 0.117. The molecule has 0 fully saturated rings. The van der Waals surface area contributed by atoms with Crippen LogP contribution >= 0.6 is 11.6 Å². The van der Waals surface area contributed by atoms with E-state index in [2.05, 4.69) is 5.32 Å². The lowest BCUT2D eigenvalue weighted by molar-refractivity contribution is -0.119. The Morgan fingerprint density at radius 1 is 1.00 bits per heavy atom. The van der Waals surface area contributed by atoms with E-state index in [9.17, 15) is 17.6 Å². The summed E-state index contributed by atoms with van der Waals surface area (Å²) in [4.78, 5) is 12.6. The van der Waals surface area contributed by atoms with Crippen molar-refractivity contribution in [2.45, 2.75) is 11.4 Å². The number of carbonyl (C=O) groups is 1. The molecule has 3 aromatic carbocycles. The average Bonchev–Trinajstić information content (AvgIpc) is 2.82. The zero-order valence-electron chi connectivity index (χ0n) is 17.9. The lowest BCUT2D eigenvalue weighted by Gasteiger charge is -2.24. The van der Waals surface area contributed by atoms with E-state index in [4.69, 9.17) is 21.1 Å². The minimum atomic E-state index is -4.22. The van der Waals surface area contributed by atoms with Gasteiger partial charge in [-0.1, -0.05) is 29.8 Å². The number of ether oxygens (including phenoxy) is 2. The maximum Gasteiger partial charge on any atom is 0.264 e. The maximum absolute atomic E-state index is 13.5. The molecule has 0 heterocycles. The molecule has 0 aliphatic heterocycles. The highest BCUT2D eigenvalue weighted by atomic mass is 35.5. The Bertz CT molecular complexity index is 1240. The Balaban J connectivity index is 1.92. The van der Waals surface area contributed by atoms with Crippen molar-refractivity contribution in [2.75, 3.05) is 25.1 Å². The number of sulfonamides is 1. The standard InChI is InChI=1S/C23H22ClFN2O5S/c1-31-21-12-11-19(13-22(21)32-2)33(29,30)27(18-9-7-17(25)8-10-18)15-23(28)26-14-16-5-3-4-6-20(16)24/h3-13H,14-15H2,1-2H3,(H,26,28). The Hall–Kier alpha value is -3.30. The highest BCUT2D eigenvalue weighted by Crippen LogP contribution is 2.32. The Morgan fingerprint density at radius 2 is 1.67 bits per heavy atom. The van der Waals surface area contributed by atoms with Crippen molar-refractivity contribution in [1.29, 1.82) is 0 Å². The molecule has 0 aliphatic carbocycles. The third-order valence-electron chi connectivity index (χ3n) is 4.78. The lowest BCUT2D eigenvalue weighted by atomic mass is 10.2. The summed E-state index contributed by atoms with van der Waals surface area (Å²) in [6, 6.07) is 15.9. The molecule has 0 aliphatic rings. The molecule has 0 saturated carbocycles. The highest BCUT2D eigenvalue weighted by Gasteiger charge is 2.28. The summed E-state index contributed by atoms with van der Waals surface area (Å²) >= 11 is 6.11. The quantitative estimate of drug-likeness (QED) is 0.488. The third-order valence-corrected chi connectivity index (χ3v) is 6.92. The molecule has 10 heteroatoms. The predicted molar refractivity (Wildman–Crippen MR) is 124 cm³/mol. The molecule has 0 atom stereocenters. The van der Waals surface area contributed by atoms with E-state index in [1.807, 2.05) is 0 Å². The third kappa shape index (κ3) is 5.74. The van der Waals surface area contributed by atoms with E-state index in [1.54, 1.807) is 24.3 Å². The zero-order chi connectivity index (χ0) is 24.0. The van der Waals surface area contributed by atoms with Gasteiger partial charge in [0, 0.05) is 17.6 Å². The largest absolute Gasteiger partial charge is 0.493 e. The van der Waals surface area contributed by atoms with Gasteiger partial charge in [0.1, 0.15) is 12.4 Å². The van der Waals surface area contributed by atoms with Gasteiger partial charge in [-0.05, 0) is 48.0 Å². The molecule has 0 spiro atoms. The first-order valence-corrected chi connectivity index (χ1v) is 11.6. The molecular weight excluding hydrogens is 471 g/mol. The molecule has 0 radical (unpaired) electrons. The fraction of sp³-hybridized carbons (Fsp3) is 0.174. The zero-order valence-corrected chi connectivity index (χ0v) is 19.5. The number of carbonyl (C=O) groups excluding carboxylic acids is 1. The number of hydrogen-bond donors (Lipinski definition) is 1. The lowest BCUT2D eigenvalue weighted by Crippen LogP contribution is -2.40. The van der Waals surface area contributed by atoms with Gasteiger partial charge >= 0.3 is 0 Å². The molecule has 3 aromatic rings. The van der Waals surface area contributed by atoms with Gasteiger partial charge in [0.2, 0.25) is 5.91 Å². The highest BCUT2D eigenvalue weighted by molar-refractivity contribution is 7.92. The number of nitrogens with one attached hydrogen (secondary N) is 1. The average molecular weight is 493 g/mol. The summed E-state index contributed by atoms with van der Waals surface area (Å²) in [5, 5.41) is 3.15. The van der Waals surface area contributed by atoms with Crippen LogP contribution in [0.25, 0.3) is 0 Å². The predicted octanol–water partition coefficient (Wildman–Crippen LogP) is 4.01. The second-order valence-corrected chi connectivity index (χ2v) is 9.14. The van der Waals surface area contributed by atoms with Gasteiger partial charge in [0.25, 0.3) is 10.0 Å². The number of rotatable bonds is 9. The Kier molecular flexibility index (Phi) is 7.78. The minimum Gasteiger partial charge on any atom is -0.493 e. The number of amides is 1. The van der Waals surface area contributed by atoms with Crippen molar-refractivity contribution in [3.8, 4) is 11.5 Å². The number of hydrogen-bond acceptors (Lipinski definition) is 5. The van der Waals surface area contributed by atoms with Crippen LogP contribution in [0.4, 0.5) is 10.1 Å². The molecule has 0 saturated heterocycles. The number of nitrogens with zero attached hydrogens (tertiary/aromatic N) is 1. The summed E-state index contributed by atoms with van der Waals surface area (Å²) in [6.45, 7) is -0.418. The van der Waals surface area contributed by atoms with Gasteiger partial charge in [-0.3, -0.25) is 9.10 Å². The molecule has 0 unspecified atom stereocenters. The number of anilines is 1. The molecular formula is C23H22ClFN2O5S. The smallest absolute Gasteiger partial charge is 0.264 e. The van der Waals surface area contributed by atoms with Crippen molar-refractivity contribution >= 4 is 33.2 Å². The van der Waals surface area contributed by atoms with Crippen LogP contribution in [0.5, 0.6) is 11.5 Å². The maximum atomic E-state index is 13.5. The van der Waals surface area contributed by atoms with Gasteiger partial charge in [0.15, 0.2) is 11.5 Å². The van der Waals surface area contributed by atoms with Crippen molar-refractivity contribution in [2.24, 2.45) is 0 Å². The number of benzene rings is 3. The van der Waals surface area contributed by atoms with E-state index in [0.717, 1.165) is 16.4 Å². The second kappa shape index (κ2) is 10.5. The van der Waals surface area contributed by atoms with Gasteiger partial charge in [-0.25, -0.2) is 12.8 Å². The Morgan fingerprint density at radius 3 is 2.30 bits per heavy atom. The van der Waals surface area contributed by atoms with Crippen molar-refractivity contribution in [3.63, 3.8) is 0 Å². The van der Waals surface area contributed by atoms with Crippen molar-refractivity contribution < 1.29 is 27.1 Å². The van der Waals surface area contributed by atoms with Gasteiger partial charge < -0.3 is 14.8 Å². The summed E-state index contributed by atoms with van der Waals surface area (Å²) < 4.78 is 51.7. The van der Waals surface area contributed by atoms with E-state index in [-0.39, 0.29) is 22.9 Å². The first-order chi connectivity index (χ1) is 15.8.